The number of halogens is 1. The van der Waals surface area contributed by atoms with Crippen molar-refractivity contribution in [2.75, 3.05) is 0 Å². The Labute approximate surface area is 74.1 Å². The van der Waals surface area contributed by atoms with Crippen molar-refractivity contribution < 1.29 is 0 Å². The third-order valence-electron chi connectivity index (χ3n) is 1.47. The Morgan fingerprint density at radius 2 is 2.18 bits per heavy atom. The summed E-state index contributed by atoms with van der Waals surface area (Å²) in [4.78, 5) is 0. The van der Waals surface area contributed by atoms with Gasteiger partial charge in [-0.3, -0.25) is 5.41 Å². The Balaban J connectivity index is 3.15. The molecule has 0 aromatic heterocycles. The lowest BCUT2D eigenvalue weighted by Crippen LogP contribution is -2.10. The summed E-state index contributed by atoms with van der Waals surface area (Å²) in [6.45, 7) is 1.97. The van der Waals surface area contributed by atoms with Crippen molar-refractivity contribution in [1.82, 2.24) is 0 Å². The second kappa shape index (κ2) is 3.05. The molecule has 0 atom stereocenters. The molecule has 0 unspecified atom stereocenters. The number of hydrogen-bond donors (Lipinski definition) is 2. The van der Waals surface area contributed by atoms with E-state index in [-0.39, 0.29) is 5.84 Å². The predicted octanol–water partition coefficient (Wildman–Crippen LogP) is 2.04. The average Bonchev–Trinajstić information content (AvgIpc) is 1.94. The molecule has 3 N–H and O–H groups in total. The summed E-state index contributed by atoms with van der Waals surface area (Å²) in [5.74, 6) is 0.112. The standard InChI is InChI=1S/C8H9BrN2/c1-5-4-6(8(10)11)2-3-7(5)9/h2-4H,1H3,(H3,10,11). The van der Waals surface area contributed by atoms with E-state index in [1.165, 1.54) is 0 Å². The minimum Gasteiger partial charge on any atom is -0.384 e. The largest absolute Gasteiger partial charge is 0.384 e. The molecule has 1 rings (SSSR count). The first-order chi connectivity index (χ1) is 5.11. The van der Waals surface area contributed by atoms with Crippen molar-refractivity contribution in [2.45, 2.75) is 6.92 Å². The number of aryl methyl sites for hydroxylation is 1. The molecule has 0 bridgehead atoms. The van der Waals surface area contributed by atoms with Gasteiger partial charge >= 0.3 is 0 Å². The molecule has 11 heavy (non-hydrogen) atoms. The van der Waals surface area contributed by atoms with Crippen LogP contribution in [-0.2, 0) is 0 Å². The Hall–Kier alpha value is -0.830. The number of nitrogen functional groups attached to an aromatic ring is 1. The highest BCUT2D eigenvalue weighted by atomic mass is 79.9. The predicted molar refractivity (Wildman–Crippen MR) is 49.9 cm³/mol. The third kappa shape index (κ3) is 1.80. The van der Waals surface area contributed by atoms with Crippen LogP contribution in [0, 0.1) is 12.3 Å². The van der Waals surface area contributed by atoms with Crippen LogP contribution < -0.4 is 5.73 Å². The van der Waals surface area contributed by atoms with E-state index >= 15 is 0 Å². The van der Waals surface area contributed by atoms with Gasteiger partial charge in [0.25, 0.3) is 0 Å². The van der Waals surface area contributed by atoms with Crippen LogP contribution in [0.3, 0.4) is 0 Å². The Bertz CT molecular complexity index is 294. The highest BCUT2D eigenvalue weighted by Crippen LogP contribution is 2.16. The molecular weight excluding hydrogens is 204 g/mol. The van der Waals surface area contributed by atoms with Gasteiger partial charge in [-0.2, -0.15) is 0 Å². The van der Waals surface area contributed by atoms with Gasteiger partial charge in [0.05, 0.1) is 0 Å². The number of amidine groups is 1. The molecule has 1 aromatic carbocycles. The van der Waals surface area contributed by atoms with Gasteiger partial charge in [-0.15, -0.1) is 0 Å². The van der Waals surface area contributed by atoms with Crippen LogP contribution in [0.4, 0.5) is 0 Å². The fourth-order valence-electron chi connectivity index (χ4n) is 0.812. The highest BCUT2D eigenvalue weighted by molar-refractivity contribution is 9.10. The monoisotopic (exact) mass is 212 g/mol. The zero-order valence-electron chi connectivity index (χ0n) is 6.19. The summed E-state index contributed by atoms with van der Waals surface area (Å²) < 4.78 is 1.04. The van der Waals surface area contributed by atoms with Crippen LogP contribution in [0.15, 0.2) is 22.7 Å². The molecule has 0 aliphatic rings. The van der Waals surface area contributed by atoms with E-state index < -0.39 is 0 Å². The Morgan fingerprint density at radius 3 is 2.64 bits per heavy atom. The summed E-state index contributed by atoms with van der Waals surface area (Å²) in [5, 5.41) is 7.16. The van der Waals surface area contributed by atoms with Crippen molar-refractivity contribution in [1.29, 1.82) is 5.41 Å². The van der Waals surface area contributed by atoms with E-state index in [0.29, 0.717) is 0 Å². The topological polar surface area (TPSA) is 49.9 Å². The molecular formula is C8H9BrN2. The molecule has 3 heteroatoms. The molecule has 0 amide bonds. The summed E-state index contributed by atoms with van der Waals surface area (Å²) in [7, 11) is 0. The summed E-state index contributed by atoms with van der Waals surface area (Å²) >= 11 is 3.37. The van der Waals surface area contributed by atoms with Gasteiger partial charge in [0, 0.05) is 10.0 Å². The number of hydrogen-bond acceptors (Lipinski definition) is 1. The molecule has 0 saturated carbocycles. The lowest BCUT2D eigenvalue weighted by molar-refractivity contribution is 1.37. The first-order valence-corrected chi connectivity index (χ1v) is 4.01. The first-order valence-electron chi connectivity index (χ1n) is 3.22. The minimum atomic E-state index is 0.112. The maximum Gasteiger partial charge on any atom is 0.122 e. The fraction of sp³-hybridized carbons (Fsp3) is 0.125. The molecule has 0 radical (unpaired) electrons. The van der Waals surface area contributed by atoms with Gasteiger partial charge in [-0.25, -0.2) is 0 Å². The second-order valence-corrected chi connectivity index (χ2v) is 3.23. The van der Waals surface area contributed by atoms with Gasteiger partial charge in [-0.1, -0.05) is 22.0 Å². The van der Waals surface area contributed by atoms with Crippen LogP contribution in [0.2, 0.25) is 0 Å². The van der Waals surface area contributed by atoms with Crippen LogP contribution in [-0.4, -0.2) is 5.84 Å². The number of rotatable bonds is 1. The summed E-state index contributed by atoms with van der Waals surface area (Å²) in [5.41, 5.74) is 7.16. The van der Waals surface area contributed by atoms with Crippen molar-refractivity contribution in [3.8, 4) is 0 Å². The summed E-state index contributed by atoms with van der Waals surface area (Å²) in [6, 6.07) is 5.60. The van der Waals surface area contributed by atoms with Gasteiger partial charge in [0.2, 0.25) is 0 Å². The zero-order chi connectivity index (χ0) is 8.43. The van der Waals surface area contributed by atoms with Crippen molar-refractivity contribution in [3.05, 3.63) is 33.8 Å². The molecule has 0 aliphatic heterocycles. The van der Waals surface area contributed by atoms with Crippen molar-refractivity contribution in [3.63, 3.8) is 0 Å². The Kier molecular flexibility index (Phi) is 2.29. The SMILES string of the molecule is Cc1cc(C(=N)N)ccc1Br. The van der Waals surface area contributed by atoms with Crippen LogP contribution >= 0.6 is 15.9 Å². The highest BCUT2D eigenvalue weighted by Gasteiger charge is 1.98. The van der Waals surface area contributed by atoms with E-state index in [0.717, 1.165) is 15.6 Å². The third-order valence-corrected chi connectivity index (χ3v) is 2.36. The normalized spacial score (nSPS) is 9.64. The van der Waals surface area contributed by atoms with Crippen LogP contribution in [0.25, 0.3) is 0 Å². The lowest BCUT2D eigenvalue weighted by atomic mass is 10.1. The van der Waals surface area contributed by atoms with Gasteiger partial charge in [0.15, 0.2) is 0 Å². The van der Waals surface area contributed by atoms with E-state index in [4.69, 9.17) is 11.1 Å². The molecule has 0 heterocycles. The zero-order valence-corrected chi connectivity index (χ0v) is 7.77. The first kappa shape index (κ1) is 8.27. The van der Waals surface area contributed by atoms with Crippen molar-refractivity contribution in [2.24, 2.45) is 5.73 Å². The minimum absolute atomic E-state index is 0.112. The molecule has 0 spiro atoms. The van der Waals surface area contributed by atoms with Crippen molar-refractivity contribution >= 4 is 21.8 Å². The quantitative estimate of drug-likeness (QED) is 0.544. The maximum absolute atomic E-state index is 7.16. The van der Waals surface area contributed by atoms with Gasteiger partial charge < -0.3 is 5.73 Å². The molecule has 1 aromatic rings. The smallest absolute Gasteiger partial charge is 0.122 e. The van der Waals surface area contributed by atoms with Crippen LogP contribution in [0.1, 0.15) is 11.1 Å². The maximum atomic E-state index is 7.16. The summed E-state index contributed by atoms with van der Waals surface area (Å²) in [6.07, 6.45) is 0. The van der Waals surface area contributed by atoms with Crippen LogP contribution in [0.5, 0.6) is 0 Å². The van der Waals surface area contributed by atoms with Gasteiger partial charge in [0.1, 0.15) is 5.84 Å². The van der Waals surface area contributed by atoms with E-state index in [1.54, 1.807) is 0 Å². The molecule has 0 fully saturated rings. The van der Waals surface area contributed by atoms with E-state index in [1.807, 2.05) is 25.1 Å². The van der Waals surface area contributed by atoms with Gasteiger partial charge in [-0.05, 0) is 24.6 Å². The molecule has 0 aliphatic carbocycles. The molecule has 2 nitrogen and oxygen atoms in total. The van der Waals surface area contributed by atoms with E-state index in [9.17, 15) is 0 Å². The lowest BCUT2D eigenvalue weighted by Gasteiger charge is -2.00. The average molecular weight is 213 g/mol. The molecule has 58 valence electrons. The Morgan fingerprint density at radius 1 is 1.55 bits per heavy atom. The van der Waals surface area contributed by atoms with E-state index in [2.05, 4.69) is 15.9 Å². The molecule has 0 saturated heterocycles. The number of nitrogens with two attached hydrogens (primary N) is 1. The number of benzene rings is 1. The number of nitrogens with one attached hydrogen (secondary N) is 1. The fourth-order valence-corrected chi connectivity index (χ4v) is 1.06. The second-order valence-electron chi connectivity index (χ2n) is 2.38.